The van der Waals surface area contributed by atoms with E-state index in [0.717, 1.165) is 10.6 Å². The molecule has 0 aromatic carbocycles. The predicted molar refractivity (Wildman–Crippen MR) is 164 cm³/mol. The highest BCUT2D eigenvalue weighted by atomic mass is 19.1. The molecule has 3 fully saturated rings. The molecule has 4 aromatic rings. The number of urea groups is 1. The summed E-state index contributed by atoms with van der Waals surface area (Å²) in [6, 6.07) is 4.18. The van der Waals surface area contributed by atoms with Gasteiger partial charge in [0, 0.05) is 61.9 Å². The summed E-state index contributed by atoms with van der Waals surface area (Å²) < 4.78 is 22.2. The highest BCUT2D eigenvalue weighted by Crippen LogP contribution is 2.50. The van der Waals surface area contributed by atoms with Crippen molar-refractivity contribution in [2.24, 2.45) is 5.92 Å². The summed E-state index contributed by atoms with van der Waals surface area (Å²) in [5.74, 6) is 0.946. The molecule has 2 N–H and O–H groups in total. The van der Waals surface area contributed by atoms with Gasteiger partial charge in [-0.1, -0.05) is 0 Å². The minimum atomic E-state index is -1.47. The van der Waals surface area contributed by atoms with E-state index in [1.54, 1.807) is 35.1 Å². The number of aryl methyl sites for hydroxylation is 1. The van der Waals surface area contributed by atoms with E-state index in [2.05, 4.69) is 30.6 Å². The maximum absolute atomic E-state index is 15.2. The van der Waals surface area contributed by atoms with Gasteiger partial charge in [-0.2, -0.15) is 0 Å². The second-order valence-electron chi connectivity index (χ2n) is 12.1. The number of hydrogen-bond donors (Lipinski definition) is 2. The Kier molecular flexibility index (Phi) is 7.14. The largest absolute Gasteiger partial charge is 0.377 e. The molecule has 4 aromatic heterocycles. The molecule has 14 nitrogen and oxygen atoms in total. The van der Waals surface area contributed by atoms with Crippen molar-refractivity contribution in [2.45, 2.75) is 57.3 Å². The van der Waals surface area contributed by atoms with Crippen LogP contribution in [0.2, 0.25) is 0 Å². The van der Waals surface area contributed by atoms with Gasteiger partial charge >= 0.3 is 6.03 Å². The van der Waals surface area contributed by atoms with E-state index in [1.807, 2.05) is 19.9 Å². The predicted octanol–water partition coefficient (Wildman–Crippen LogP) is 3.64. The van der Waals surface area contributed by atoms with Crippen LogP contribution in [-0.4, -0.2) is 72.8 Å². The van der Waals surface area contributed by atoms with Gasteiger partial charge in [0.15, 0.2) is 11.5 Å². The van der Waals surface area contributed by atoms with Crippen LogP contribution in [0.3, 0.4) is 0 Å². The van der Waals surface area contributed by atoms with Crippen LogP contribution in [0.1, 0.15) is 66.7 Å². The lowest BCUT2D eigenvalue weighted by molar-refractivity contribution is -0.124. The number of fused-ring (bicyclic) bond motifs is 1. The van der Waals surface area contributed by atoms with Gasteiger partial charge in [0.1, 0.15) is 36.3 Å². The summed E-state index contributed by atoms with van der Waals surface area (Å²) in [4.78, 5) is 63.2. The third-order valence-corrected chi connectivity index (χ3v) is 8.61. The molecule has 0 bridgehead atoms. The molecular formula is C31H33FN10O4. The number of halogens is 1. The number of likely N-dealkylation sites (N-methyl/N-ethyl adjacent to an activating group) is 1. The lowest BCUT2D eigenvalue weighted by atomic mass is 10.1. The number of imidazole rings is 1. The molecule has 2 saturated carbocycles. The molecule has 3 atom stereocenters. The van der Waals surface area contributed by atoms with Gasteiger partial charge in [0.2, 0.25) is 11.8 Å². The third-order valence-electron chi connectivity index (χ3n) is 8.61. The third kappa shape index (κ3) is 5.50. The molecule has 0 spiro atoms. The summed E-state index contributed by atoms with van der Waals surface area (Å²) >= 11 is 0. The maximum atomic E-state index is 15.2. The average molecular weight is 629 g/mol. The Labute approximate surface area is 263 Å². The first kappa shape index (κ1) is 29.6. The Morgan fingerprint density at radius 2 is 1.93 bits per heavy atom. The Morgan fingerprint density at radius 1 is 1.15 bits per heavy atom. The minimum absolute atomic E-state index is 0.0418. The summed E-state index contributed by atoms with van der Waals surface area (Å²) in [5, 5.41) is 6.22. The number of nitrogens with zero attached hydrogens (tertiary/aromatic N) is 8. The van der Waals surface area contributed by atoms with E-state index in [9.17, 15) is 14.4 Å². The quantitative estimate of drug-likeness (QED) is 0.248. The number of imide groups is 1. The Bertz CT molecular complexity index is 1890. The molecule has 7 rings (SSSR count). The standard InChI is InChI=1S/C31H33FN10O4/c1-16-5-8-33-27(34-16)19-10-20(19)29(44)39-24-11-23(37-25(38-24)15-46-4)35-17(2)21-13-41-12-18(31(32)6-7-31)9-22(28(41)36-21)42-14-26(43)40(3)30(42)45/h5,8-9,11-13,17,19-20H,6-7,10,14-15H2,1-4H3,(H2,35,37,38,39,44)/t17-,19?,20?/m1/s1. The van der Waals surface area contributed by atoms with Crippen molar-refractivity contribution >= 4 is 40.8 Å². The lowest BCUT2D eigenvalue weighted by Crippen LogP contribution is -2.30. The van der Waals surface area contributed by atoms with Gasteiger partial charge in [-0.25, -0.2) is 34.1 Å². The Morgan fingerprint density at radius 3 is 2.63 bits per heavy atom. The number of amides is 4. The van der Waals surface area contributed by atoms with E-state index in [0.29, 0.717) is 65.1 Å². The maximum Gasteiger partial charge on any atom is 0.331 e. The number of nitrogens with one attached hydrogen (secondary N) is 2. The Balaban J connectivity index is 1.14. The number of ether oxygens (including phenoxy) is 1. The van der Waals surface area contributed by atoms with Gasteiger partial charge in [0.25, 0.3) is 0 Å². The van der Waals surface area contributed by atoms with Gasteiger partial charge < -0.3 is 19.8 Å². The second kappa shape index (κ2) is 11.1. The van der Waals surface area contributed by atoms with Crippen molar-refractivity contribution in [3.05, 3.63) is 65.4 Å². The number of anilines is 3. The normalized spacial score (nSPS) is 20.7. The first-order chi connectivity index (χ1) is 22.0. The summed E-state index contributed by atoms with van der Waals surface area (Å²) in [7, 11) is 2.95. The van der Waals surface area contributed by atoms with Crippen LogP contribution in [-0.2, 0) is 26.6 Å². The van der Waals surface area contributed by atoms with Crippen LogP contribution >= 0.6 is 0 Å². The zero-order valence-corrected chi connectivity index (χ0v) is 25.8. The van der Waals surface area contributed by atoms with Crippen molar-refractivity contribution in [2.75, 3.05) is 36.2 Å². The van der Waals surface area contributed by atoms with E-state index >= 15 is 4.39 Å². The van der Waals surface area contributed by atoms with Crippen LogP contribution in [0.25, 0.3) is 5.65 Å². The van der Waals surface area contributed by atoms with Crippen molar-refractivity contribution in [1.82, 2.24) is 34.2 Å². The zero-order chi connectivity index (χ0) is 32.3. The SMILES string of the molecule is COCc1nc(NC(=O)C2CC2c2nccc(C)n2)cc(N[C@H](C)c2cn3cc(C4(F)CC4)cc(N4CC(=O)N(C)C4=O)c3n2)n1. The number of rotatable bonds is 10. The van der Waals surface area contributed by atoms with E-state index in [4.69, 9.17) is 9.72 Å². The highest BCUT2D eigenvalue weighted by Gasteiger charge is 2.47. The fraction of sp³-hybridized carbons (Fsp3) is 0.419. The monoisotopic (exact) mass is 628 g/mol. The first-order valence-corrected chi connectivity index (χ1v) is 15.1. The number of aromatic nitrogens is 6. The van der Waals surface area contributed by atoms with Crippen LogP contribution in [0.5, 0.6) is 0 Å². The fourth-order valence-corrected chi connectivity index (χ4v) is 5.70. The number of hydrogen-bond acceptors (Lipinski definition) is 10. The van der Waals surface area contributed by atoms with Gasteiger partial charge in [-0.15, -0.1) is 0 Å². The summed E-state index contributed by atoms with van der Waals surface area (Å²) in [6.07, 6.45) is 6.58. The summed E-state index contributed by atoms with van der Waals surface area (Å²) in [6.45, 7) is 3.74. The highest BCUT2D eigenvalue weighted by molar-refractivity contribution is 6.13. The van der Waals surface area contributed by atoms with Crippen molar-refractivity contribution in [3.8, 4) is 0 Å². The van der Waals surface area contributed by atoms with E-state index in [-0.39, 0.29) is 36.8 Å². The van der Waals surface area contributed by atoms with Gasteiger partial charge in [-0.05, 0) is 45.2 Å². The second-order valence-corrected chi connectivity index (χ2v) is 12.1. The van der Waals surface area contributed by atoms with Crippen molar-refractivity contribution in [1.29, 1.82) is 0 Å². The number of carbonyl (C=O) groups excluding carboxylic acids is 3. The number of methoxy groups -OCH3 is 1. The molecule has 2 aliphatic carbocycles. The van der Waals surface area contributed by atoms with Gasteiger partial charge in [0.05, 0.1) is 17.4 Å². The molecule has 1 aliphatic heterocycles. The molecule has 3 aliphatic rings. The zero-order valence-electron chi connectivity index (χ0n) is 25.8. The molecule has 2 unspecified atom stereocenters. The van der Waals surface area contributed by atoms with Crippen LogP contribution in [0, 0.1) is 12.8 Å². The number of alkyl halides is 1. The van der Waals surface area contributed by atoms with E-state index < -0.39 is 17.7 Å². The number of carbonyl (C=O) groups is 3. The molecular weight excluding hydrogens is 595 g/mol. The minimum Gasteiger partial charge on any atom is -0.377 e. The summed E-state index contributed by atoms with van der Waals surface area (Å²) in [5.41, 5.74) is 1.19. The first-order valence-electron chi connectivity index (χ1n) is 15.1. The smallest absolute Gasteiger partial charge is 0.331 e. The molecule has 46 heavy (non-hydrogen) atoms. The number of pyridine rings is 1. The molecule has 0 radical (unpaired) electrons. The molecule has 4 amide bonds. The Hall–Kier alpha value is -5.05. The topological polar surface area (TPSA) is 160 Å². The molecule has 5 heterocycles. The van der Waals surface area contributed by atoms with Crippen molar-refractivity contribution < 1.29 is 23.5 Å². The van der Waals surface area contributed by atoms with Crippen LogP contribution in [0.15, 0.2) is 36.8 Å². The van der Waals surface area contributed by atoms with Crippen LogP contribution in [0.4, 0.5) is 26.5 Å². The molecule has 15 heteroatoms. The van der Waals surface area contributed by atoms with E-state index in [1.165, 1.54) is 19.1 Å². The molecule has 238 valence electrons. The van der Waals surface area contributed by atoms with Crippen LogP contribution < -0.4 is 15.5 Å². The average Bonchev–Trinajstić information content (AvgIpc) is 3.92. The fourth-order valence-electron chi connectivity index (χ4n) is 5.70. The van der Waals surface area contributed by atoms with Crippen molar-refractivity contribution in [3.63, 3.8) is 0 Å². The lowest BCUT2D eigenvalue weighted by Gasteiger charge is -2.18. The molecule has 1 saturated heterocycles. The van der Waals surface area contributed by atoms with Gasteiger partial charge in [-0.3, -0.25) is 19.4 Å².